The molecule has 6 nitrogen and oxygen atoms in total. The summed E-state index contributed by atoms with van der Waals surface area (Å²) in [6, 6.07) is 6.15. The normalized spacial score (nSPS) is 21.2. The third-order valence-corrected chi connectivity index (χ3v) is 8.14. The molecule has 35 heavy (non-hydrogen) atoms. The fraction of sp³-hybridized carbons (Fsp3) is 0.538. The van der Waals surface area contributed by atoms with Gasteiger partial charge >= 0.3 is 12.1 Å². The van der Waals surface area contributed by atoms with Crippen LogP contribution in [0.3, 0.4) is 0 Å². The number of pyridine rings is 1. The number of β-amino-alcohol motifs (C(OH)–C–C–N with tert-alkyl or cyclic N) is 1. The number of nitrogens with zero attached hydrogens (tertiary/aromatic N) is 3. The molecule has 3 aliphatic heterocycles. The Morgan fingerprint density at radius 3 is 2.40 bits per heavy atom. The molecule has 2 saturated heterocycles. The van der Waals surface area contributed by atoms with Gasteiger partial charge < -0.3 is 19.6 Å². The van der Waals surface area contributed by atoms with Gasteiger partial charge in [-0.05, 0) is 80.4 Å². The number of cyclic esters (lactones) is 1. The Morgan fingerprint density at radius 1 is 1.09 bits per heavy atom. The number of carbonyl (C=O) groups is 1. The lowest BCUT2D eigenvalue weighted by Gasteiger charge is -2.47. The first-order valence-electron chi connectivity index (χ1n) is 12.1. The zero-order valence-corrected chi connectivity index (χ0v) is 19.8. The third-order valence-electron chi connectivity index (χ3n) is 8.14. The molecule has 1 atom stereocenters. The van der Waals surface area contributed by atoms with Crippen LogP contribution in [0.1, 0.15) is 64.4 Å². The number of ether oxygens (including phenoxy) is 1. The van der Waals surface area contributed by atoms with Gasteiger partial charge in [-0.2, -0.15) is 13.2 Å². The molecular weight excluding hydrogens is 459 g/mol. The van der Waals surface area contributed by atoms with Crippen LogP contribution >= 0.6 is 0 Å². The van der Waals surface area contributed by atoms with Crippen LogP contribution in [-0.2, 0) is 17.5 Å². The average molecular weight is 490 g/mol. The largest absolute Gasteiger partial charge is 0.457 e. The summed E-state index contributed by atoms with van der Waals surface area (Å²) in [4.78, 5) is 20.2. The maximum Gasteiger partial charge on any atom is 0.417 e. The molecule has 1 aromatic carbocycles. The molecule has 0 saturated carbocycles. The second-order valence-corrected chi connectivity index (χ2v) is 10.1. The molecular formula is C26H30F3N3O3. The number of aromatic nitrogens is 1. The number of aliphatic hydroxyl groups excluding tert-OH is 1. The van der Waals surface area contributed by atoms with Crippen molar-refractivity contribution in [2.75, 3.05) is 37.6 Å². The van der Waals surface area contributed by atoms with E-state index >= 15 is 0 Å². The van der Waals surface area contributed by atoms with E-state index in [1.807, 2.05) is 13.0 Å². The first-order chi connectivity index (χ1) is 16.7. The van der Waals surface area contributed by atoms with E-state index in [1.54, 1.807) is 6.07 Å². The molecule has 1 N–H and O–H groups in total. The van der Waals surface area contributed by atoms with Gasteiger partial charge in [0, 0.05) is 31.4 Å². The summed E-state index contributed by atoms with van der Waals surface area (Å²) in [6.07, 6.45) is -0.0201. The van der Waals surface area contributed by atoms with E-state index in [-0.39, 0.29) is 18.0 Å². The highest BCUT2D eigenvalue weighted by molar-refractivity contribution is 5.93. The first-order valence-corrected chi connectivity index (χ1v) is 12.1. The molecule has 0 bridgehead atoms. The maximum absolute atomic E-state index is 12.8. The van der Waals surface area contributed by atoms with Crippen molar-refractivity contribution in [1.29, 1.82) is 0 Å². The number of alkyl halides is 3. The lowest BCUT2D eigenvalue weighted by Crippen LogP contribution is -2.47. The van der Waals surface area contributed by atoms with Crippen molar-refractivity contribution in [3.05, 3.63) is 58.3 Å². The second kappa shape index (κ2) is 9.09. The van der Waals surface area contributed by atoms with E-state index < -0.39 is 17.8 Å². The van der Waals surface area contributed by atoms with E-state index in [0.29, 0.717) is 17.9 Å². The Bertz CT molecular complexity index is 1090. The monoisotopic (exact) mass is 489 g/mol. The van der Waals surface area contributed by atoms with Crippen LogP contribution in [0.4, 0.5) is 19.0 Å². The van der Waals surface area contributed by atoms with Gasteiger partial charge in [-0.1, -0.05) is 6.07 Å². The van der Waals surface area contributed by atoms with Gasteiger partial charge in [-0.15, -0.1) is 0 Å². The zero-order chi connectivity index (χ0) is 24.8. The Balaban J connectivity index is 1.14. The number of halogens is 3. The summed E-state index contributed by atoms with van der Waals surface area (Å²) in [5.41, 5.74) is 2.76. The average Bonchev–Trinajstić information content (AvgIpc) is 3.22. The lowest BCUT2D eigenvalue weighted by molar-refractivity contribution is -0.137. The number of fused-ring (bicyclic) bond motifs is 1. The summed E-state index contributed by atoms with van der Waals surface area (Å²) in [5.74, 6) is 0.302. The van der Waals surface area contributed by atoms with Crippen molar-refractivity contribution in [2.24, 2.45) is 5.41 Å². The zero-order valence-electron chi connectivity index (χ0n) is 19.8. The van der Waals surface area contributed by atoms with Crippen LogP contribution in [0.5, 0.6) is 0 Å². The highest BCUT2D eigenvalue weighted by atomic mass is 19.4. The molecule has 9 heteroatoms. The van der Waals surface area contributed by atoms with E-state index in [9.17, 15) is 23.1 Å². The molecule has 188 valence electrons. The minimum absolute atomic E-state index is 0.241. The van der Waals surface area contributed by atoms with Crippen molar-refractivity contribution in [3.8, 4) is 0 Å². The number of rotatable bonds is 4. The number of hydrogen-bond donors (Lipinski definition) is 1. The van der Waals surface area contributed by atoms with Gasteiger partial charge in [0.1, 0.15) is 12.4 Å². The molecule has 0 radical (unpaired) electrons. The SMILES string of the molecule is Cc1c([C@@H](O)CN2CCC3(CC2)CCN(c2ccc(C(F)(F)F)cn2)CC3)ccc2c1COC2=O. The standard InChI is InChI=1S/C26H30F3N3O3/c1-17-19(3-4-20-21(17)16-35-24(20)34)22(33)15-31-10-6-25(7-11-31)8-12-32(13-9-25)23-5-2-18(14-30-23)26(27,28)29/h2-5,14,22,33H,6-13,15-16H2,1H3/t22-/m0/s1. The van der Waals surface area contributed by atoms with Crippen molar-refractivity contribution >= 4 is 11.8 Å². The molecule has 0 amide bonds. The predicted molar refractivity (Wildman–Crippen MR) is 124 cm³/mol. The predicted octanol–water partition coefficient (Wildman–Crippen LogP) is 4.50. The number of piperidine rings is 2. The molecule has 3 aliphatic rings. The molecule has 0 unspecified atom stereocenters. The molecule has 1 spiro atoms. The molecule has 2 aromatic rings. The number of anilines is 1. The Morgan fingerprint density at radius 2 is 1.77 bits per heavy atom. The van der Waals surface area contributed by atoms with Gasteiger partial charge in [0.2, 0.25) is 0 Å². The van der Waals surface area contributed by atoms with Crippen molar-refractivity contribution in [1.82, 2.24) is 9.88 Å². The Kier molecular flexibility index (Phi) is 6.25. The van der Waals surface area contributed by atoms with E-state index in [0.717, 1.165) is 80.8 Å². The van der Waals surface area contributed by atoms with Crippen LogP contribution in [0.15, 0.2) is 30.5 Å². The molecule has 0 aliphatic carbocycles. The third kappa shape index (κ3) is 4.76. The number of hydrogen-bond acceptors (Lipinski definition) is 6. The minimum atomic E-state index is -4.37. The molecule has 4 heterocycles. The number of likely N-dealkylation sites (tertiary alicyclic amines) is 1. The molecule has 2 fully saturated rings. The molecule has 5 rings (SSSR count). The maximum atomic E-state index is 12.8. The summed E-state index contributed by atoms with van der Waals surface area (Å²) < 4.78 is 43.5. The van der Waals surface area contributed by atoms with Gasteiger partial charge in [-0.25, -0.2) is 9.78 Å². The van der Waals surface area contributed by atoms with Crippen LogP contribution in [-0.4, -0.2) is 53.7 Å². The van der Waals surface area contributed by atoms with Gasteiger partial charge in [0.25, 0.3) is 0 Å². The first kappa shape index (κ1) is 24.1. The fourth-order valence-corrected chi connectivity index (χ4v) is 5.73. The van der Waals surface area contributed by atoms with E-state index in [2.05, 4.69) is 14.8 Å². The van der Waals surface area contributed by atoms with Gasteiger partial charge in [0.05, 0.1) is 17.2 Å². The molecule has 1 aromatic heterocycles. The number of benzene rings is 1. The van der Waals surface area contributed by atoms with Crippen LogP contribution in [0.2, 0.25) is 0 Å². The van der Waals surface area contributed by atoms with E-state index in [1.165, 1.54) is 6.07 Å². The minimum Gasteiger partial charge on any atom is -0.457 e. The highest BCUT2D eigenvalue weighted by Gasteiger charge is 2.38. The summed E-state index contributed by atoms with van der Waals surface area (Å²) in [7, 11) is 0. The van der Waals surface area contributed by atoms with Gasteiger partial charge in [-0.3, -0.25) is 0 Å². The smallest absolute Gasteiger partial charge is 0.417 e. The summed E-state index contributed by atoms with van der Waals surface area (Å²) in [5, 5.41) is 10.9. The second-order valence-electron chi connectivity index (χ2n) is 10.1. The van der Waals surface area contributed by atoms with Crippen molar-refractivity contribution in [2.45, 2.75) is 51.5 Å². The van der Waals surface area contributed by atoms with Crippen molar-refractivity contribution in [3.63, 3.8) is 0 Å². The van der Waals surface area contributed by atoms with E-state index in [4.69, 9.17) is 4.74 Å². The number of esters is 1. The quantitative estimate of drug-likeness (QED) is 0.639. The topological polar surface area (TPSA) is 65.9 Å². The van der Waals surface area contributed by atoms with Crippen molar-refractivity contribution < 1.29 is 27.8 Å². The van der Waals surface area contributed by atoms with Gasteiger partial charge in [0.15, 0.2) is 0 Å². The lowest BCUT2D eigenvalue weighted by atomic mass is 9.71. The summed E-state index contributed by atoms with van der Waals surface area (Å²) in [6.45, 7) is 6.14. The van der Waals surface area contributed by atoms with Crippen LogP contribution in [0.25, 0.3) is 0 Å². The number of aliphatic hydroxyl groups is 1. The Labute approximate surface area is 202 Å². The Hall–Kier alpha value is -2.65. The number of carbonyl (C=O) groups excluding carboxylic acids is 1. The fourth-order valence-electron chi connectivity index (χ4n) is 5.73. The summed E-state index contributed by atoms with van der Waals surface area (Å²) >= 11 is 0. The van der Waals surface area contributed by atoms with Crippen LogP contribution in [0, 0.1) is 12.3 Å². The van der Waals surface area contributed by atoms with Crippen LogP contribution < -0.4 is 4.90 Å². The highest BCUT2D eigenvalue weighted by Crippen LogP contribution is 2.42.